The highest BCUT2D eigenvalue weighted by Gasteiger charge is 2.24. The highest BCUT2D eigenvalue weighted by Crippen LogP contribution is 2.39. The molecule has 4 rings (SSSR count). The average molecular weight is 430 g/mol. The average Bonchev–Trinajstić information content (AvgIpc) is 3.14. The Balaban J connectivity index is 1.41. The van der Waals surface area contributed by atoms with E-state index in [9.17, 15) is 4.79 Å². The van der Waals surface area contributed by atoms with Crippen LogP contribution in [0.5, 0.6) is 11.5 Å². The van der Waals surface area contributed by atoms with Crippen LogP contribution in [0.25, 0.3) is 0 Å². The van der Waals surface area contributed by atoms with Crippen molar-refractivity contribution in [3.05, 3.63) is 76.5 Å². The van der Waals surface area contributed by atoms with Crippen LogP contribution < -0.4 is 20.1 Å². The maximum Gasteiger partial charge on any atom is 0.265 e. The molecule has 0 spiro atoms. The SMILES string of the molecule is C[C@@H](Oc1ccc(Cl)cc1Cl)C(=O)Nc1ccc2c(c1)N[C@H](c1ccncc1)O2. The van der Waals surface area contributed by atoms with Crippen molar-refractivity contribution in [3.63, 3.8) is 0 Å². The third-order valence-corrected chi connectivity index (χ3v) is 4.88. The van der Waals surface area contributed by atoms with E-state index in [2.05, 4.69) is 15.6 Å². The molecule has 0 saturated heterocycles. The Labute approximate surface area is 177 Å². The molecule has 1 amide bonds. The topological polar surface area (TPSA) is 72.5 Å². The predicted octanol–water partition coefficient (Wildman–Crippen LogP) is 5.30. The number of nitrogens with one attached hydrogen (secondary N) is 2. The van der Waals surface area contributed by atoms with Gasteiger partial charge >= 0.3 is 0 Å². The maximum absolute atomic E-state index is 12.5. The Morgan fingerprint density at radius 1 is 1.17 bits per heavy atom. The molecule has 8 heteroatoms. The van der Waals surface area contributed by atoms with Gasteiger partial charge in [-0.25, -0.2) is 0 Å². The third-order valence-electron chi connectivity index (χ3n) is 4.35. The summed E-state index contributed by atoms with van der Waals surface area (Å²) in [4.78, 5) is 16.5. The van der Waals surface area contributed by atoms with Gasteiger partial charge in [-0.3, -0.25) is 9.78 Å². The zero-order chi connectivity index (χ0) is 20.4. The van der Waals surface area contributed by atoms with Crippen LogP contribution in [0.3, 0.4) is 0 Å². The van der Waals surface area contributed by atoms with E-state index in [1.807, 2.05) is 18.2 Å². The van der Waals surface area contributed by atoms with Gasteiger partial charge in [-0.15, -0.1) is 0 Å². The Kier molecular flexibility index (Phi) is 5.47. The number of hydrogen-bond acceptors (Lipinski definition) is 5. The highest BCUT2D eigenvalue weighted by molar-refractivity contribution is 6.35. The van der Waals surface area contributed by atoms with E-state index >= 15 is 0 Å². The lowest BCUT2D eigenvalue weighted by Crippen LogP contribution is -2.30. The van der Waals surface area contributed by atoms with Crippen LogP contribution in [0.4, 0.5) is 11.4 Å². The minimum absolute atomic E-state index is 0.298. The molecule has 2 heterocycles. The second-order valence-corrected chi connectivity index (χ2v) is 7.30. The molecule has 1 aliphatic rings. The lowest BCUT2D eigenvalue weighted by molar-refractivity contribution is -0.122. The van der Waals surface area contributed by atoms with Crippen molar-refractivity contribution in [3.8, 4) is 11.5 Å². The van der Waals surface area contributed by atoms with Crippen LogP contribution in [0.15, 0.2) is 60.9 Å². The molecule has 0 fully saturated rings. The lowest BCUT2D eigenvalue weighted by Gasteiger charge is -2.16. The minimum Gasteiger partial charge on any atom is -0.479 e. The molecule has 0 aliphatic carbocycles. The second-order valence-electron chi connectivity index (χ2n) is 6.46. The van der Waals surface area contributed by atoms with Gasteiger partial charge in [0.15, 0.2) is 12.3 Å². The molecule has 1 aromatic heterocycles. The van der Waals surface area contributed by atoms with Crippen LogP contribution >= 0.6 is 23.2 Å². The summed E-state index contributed by atoms with van der Waals surface area (Å²) in [7, 11) is 0. The fourth-order valence-electron chi connectivity index (χ4n) is 2.87. The van der Waals surface area contributed by atoms with Gasteiger partial charge in [0.25, 0.3) is 5.91 Å². The maximum atomic E-state index is 12.5. The van der Waals surface area contributed by atoms with E-state index in [1.54, 1.807) is 49.6 Å². The summed E-state index contributed by atoms with van der Waals surface area (Å²) in [5.41, 5.74) is 2.38. The molecule has 0 radical (unpaired) electrons. The summed E-state index contributed by atoms with van der Waals surface area (Å²) in [5, 5.41) is 6.97. The summed E-state index contributed by atoms with van der Waals surface area (Å²) in [6.07, 6.45) is 2.37. The predicted molar refractivity (Wildman–Crippen MR) is 113 cm³/mol. The van der Waals surface area contributed by atoms with Gasteiger partial charge in [0.1, 0.15) is 11.5 Å². The summed E-state index contributed by atoms with van der Waals surface area (Å²) < 4.78 is 11.6. The summed E-state index contributed by atoms with van der Waals surface area (Å²) in [5.74, 6) is 0.797. The van der Waals surface area contributed by atoms with Gasteiger partial charge in [0, 0.05) is 28.7 Å². The molecular formula is C21H17Cl2N3O3. The highest BCUT2D eigenvalue weighted by atomic mass is 35.5. The standard InChI is InChI=1S/C21H17Cl2N3O3/c1-12(28-18-4-2-14(22)10-16(18)23)20(27)25-15-3-5-19-17(11-15)26-21(29-19)13-6-8-24-9-7-13/h2-12,21,26H,1H3,(H,25,27)/t12-,21+/m1/s1. The molecular weight excluding hydrogens is 413 g/mol. The van der Waals surface area contributed by atoms with Gasteiger partial charge in [0.2, 0.25) is 0 Å². The number of pyridine rings is 1. The van der Waals surface area contributed by atoms with E-state index in [1.165, 1.54) is 0 Å². The molecule has 0 bridgehead atoms. The van der Waals surface area contributed by atoms with Gasteiger partial charge in [-0.05, 0) is 55.5 Å². The first-order valence-corrected chi connectivity index (χ1v) is 9.65. The number of carbonyl (C=O) groups is 1. The molecule has 29 heavy (non-hydrogen) atoms. The Morgan fingerprint density at radius 2 is 1.97 bits per heavy atom. The summed E-state index contributed by atoms with van der Waals surface area (Å²) >= 11 is 12.0. The zero-order valence-corrected chi connectivity index (χ0v) is 16.9. The molecule has 0 saturated carbocycles. The summed E-state index contributed by atoms with van der Waals surface area (Å²) in [6, 6.07) is 14.0. The molecule has 1 aliphatic heterocycles. The smallest absolute Gasteiger partial charge is 0.265 e. The van der Waals surface area contributed by atoms with E-state index in [-0.39, 0.29) is 12.1 Å². The normalized spacial score (nSPS) is 15.6. The lowest BCUT2D eigenvalue weighted by atomic mass is 10.2. The van der Waals surface area contributed by atoms with Crippen molar-refractivity contribution >= 4 is 40.5 Å². The first-order valence-electron chi connectivity index (χ1n) is 8.89. The number of anilines is 2. The van der Waals surface area contributed by atoms with E-state index in [0.717, 1.165) is 11.3 Å². The number of benzene rings is 2. The number of fused-ring (bicyclic) bond motifs is 1. The number of hydrogen-bond donors (Lipinski definition) is 2. The number of amides is 1. The van der Waals surface area contributed by atoms with E-state index in [0.29, 0.717) is 27.2 Å². The van der Waals surface area contributed by atoms with Crippen LogP contribution in [0.1, 0.15) is 18.7 Å². The second kappa shape index (κ2) is 8.19. The summed E-state index contributed by atoms with van der Waals surface area (Å²) in [6.45, 7) is 1.65. The van der Waals surface area contributed by atoms with Crippen molar-refractivity contribution in [2.45, 2.75) is 19.3 Å². The van der Waals surface area contributed by atoms with Crippen LogP contribution in [-0.4, -0.2) is 17.0 Å². The number of rotatable bonds is 5. The molecule has 3 aromatic rings. The van der Waals surface area contributed by atoms with Crippen LogP contribution in [0.2, 0.25) is 10.0 Å². The van der Waals surface area contributed by atoms with Crippen molar-refractivity contribution in [2.24, 2.45) is 0 Å². The number of carbonyl (C=O) groups excluding carboxylic acids is 1. The number of aromatic nitrogens is 1. The van der Waals surface area contributed by atoms with E-state index in [4.69, 9.17) is 32.7 Å². The van der Waals surface area contributed by atoms with Gasteiger partial charge < -0.3 is 20.1 Å². The monoisotopic (exact) mass is 429 g/mol. The third kappa shape index (κ3) is 4.39. The van der Waals surface area contributed by atoms with Crippen molar-refractivity contribution < 1.29 is 14.3 Å². The van der Waals surface area contributed by atoms with Crippen LogP contribution in [0, 0.1) is 0 Å². The van der Waals surface area contributed by atoms with E-state index < -0.39 is 6.10 Å². The molecule has 148 valence electrons. The van der Waals surface area contributed by atoms with Crippen molar-refractivity contribution in [2.75, 3.05) is 10.6 Å². The number of nitrogens with zero attached hydrogens (tertiary/aromatic N) is 1. The fraction of sp³-hybridized carbons (Fsp3) is 0.143. The Hall–Kier alpha value is -2.96. The molecule has 6 nitrogen and oxygen atoms in total. The van der Waals surface area contributed by atoms with Gasteiger partial charge in [-0.1, -0.05) is 23.2 Å². The number of halogens is 2. The molecule has 2 N–H and O–H groups in total. The molecule has 0 unspecified atom stereocenters. The fourth-order valence-corrected chi connectivity index (χ4v) is 3.32. The molecule has 2 atom stereocenters. The largest absolute Gasteiger partial charge is 0.479 e. The first-order chi connectivity index (χ1) is 14.0. The first kappa shape index (κ1) is 19.4. The minimum atomic E-state index is -0.754. The zero-order valence-electron chi connectivity index (χ0n) is 15.4. The van der Waals surface area contributed by atoms with Crippen molar-refractivity contribution in [1.29, 1.82) is 0 Å². The molecule has 2 aromatic carbocycles. The van der Waals surface area contributed by atoms with Crippen LogP contribution in [-0.2, 0) is 4.79 Å². The quantitative estimate of drug-likeness (QED) is 0.575. The van der Waals surface area contributed by atoms with Crippen molar-refractivity contribution in [1.82, 2.24) is 4.98 Å². The Bertz CT molecular complexity index is 1050. The Morgan fingerprint density at radius 3 is 2.72 bits per heavy atom. The van der Waals surface area contributed by atoms with Gasteiger partial charge in [-0.2, -0.15) is 0 Å². The number of ether oxygens (including phenoxy) is 2. The van der Waals surface area contributed by atoms with Gasteiger partial charge in [0.05, 0.1) is 10.7 Å².